The largest absolute Gasteiger partial charge is 0.492 e. The summed E-state index contributed by atoms with van der Waals surface area (Å²) in [7, 11) is -2.14. The minimum absolute atomic E-state index is 0.0795. The summed E-state index contributed by atoms with van der Waals surface area (Å²) in [5, 5.41) is 11.6. The number of nitrogens with one attached hydrogen (secondary N) is 2. The van der Waals surface area contributed by atoms with Gasteiger partial charge in [-0.1, -0.05) is 18.2 Å². The molecule has 11 nitrogen and oxygen atoms in total. The summed E-state index contributed by atoms with van der Waals surface area (Å²) in [6.07, 6.45) is 8.37. The number of carbonyl (C=O) groups is 1. The predicted molar refractivity (Wildman–Crippen MR) is 158 cm³/mol. The third-order valence-corrected chi connectivity index (χ3v) is 7.96. The van der Waals surface area contributed by atoms with Gasteiger partial charge >= 0.3 is 0 Å². The molecule has 1 amide bonds. The fraction of sp³-hybridized carbons (Fsp3) is 0.379. The van der Waals surface area contributed by atoms with Gasteiger partial charge in [-0.2, -0.15) is 0 Å². The molecule has 12 heteroatoms. The van der Waals surface area contributed by atoms with Crippen molar-refractivity contribution in [2.45, 2.75) is 58.4 Å². The zero-order valence-electron chi connectivity index (χ0n) is 24.3. The maximum absolute atomic E-state index is 13.5. The molecule has 1 saturated carbocycles. The highest BCUT2D eigenvalue weighted by atomic mass is 32.2. The van der Waals surface area contributed by atoms with E-state index in [-0.39, 0.29) is 28.3 Å². The van der Waals surface area contributed by atoms with Crippen LogP contribution in [0.15, 0.2) is 49.1 Å². The van der Waals surface area contributed by atoms with Crippen LogP contribution in [-0.2, 0) is 21.0 Å². The summed E-state index contributed by atoms with van der Waals surface area (Å²) >= 11 is 0. The van der Waals surface area contributed by atoms with E-state index < -0.39 is 10.0 Å². The molecule has 0 atom stereocenters. The van der Waals surface area contributed by atoms with Crippen LogP contribution in [0.4, 0.5) is 11.4 Å². The summed E-state index contributed by atoms with van der Waals surface area (Å²) in [6.45, 7) is 10.3. The van der Waals surface area contributed by atoms with Crippen molar-refractivity contribution in [1.82, 2.24) is 24.5 Å². The Morgan fingerprint density at radius 1 is 1.12 bits per heavy atom. The highest BCUT2D eigenvalue weighted by Gasteiger charge is 2.40. The fourth-order valence-electron chi connectivity index (χ4n) is 4.75. The zero-order valence-corrected chi connectivity index (χ0v) is 25.1. The Bertz CT molecular complexity index is 1740. The third kappa shape index (κ3) is 5.83. The Kier molecular flexibility index (Phi) is 6.93. The molecule has 1 aliphatic rings. The van der Waals surface area contributed by atoms with Gasteiger partial charge < -0.3 is 14.6 Å². The lowest BCUT2D eigenvalue weighted by atomic mass is 9.96. The molecule has 2 aromatic heterocycles. The number of rotatable bonds is 8. The van der Waals surface area contributed by atoms with E-state index in [0.717, 1.165) is 35.9 Å². The van der Waals surface area contributed by atoms with Crippen molar-refractivity contribution in [2.24, 2.45) is 0 Å². The molecule has 0 aliphatic heterocycles. The summed E-state index contributed by atoms with van der Waals surface area (Å²) in [4.78, 5) is 17.8. The second-order valence-electron chi connectivity index (χ2n) is 11.9. The number of amides is 1. The molecule has 0 unspecified atom stereocenters. The van der Waals surface area contributed by atoms with Crippen LogP contribution in [0.25, 0.3) is 17.1 Å². The van der Waals surface area contributed by atoms with E-state index in [4.69, 9.17) is 4.74 Å². The maximum atomic E-state index is 13.5. The van der Waals surface area contributed by atoms with E-state index in [2.05, 4.69) is 53.0 Å². The molecule has 216 valence electrons. The lowest BCUT2D eigenvalue weighted by molar-refractivity contribution is 0.102. The van der Waals surface area contributed by atoms with E-state index in [0.29, 0.717) is 22.6 Å². The fourth-order valence-corrected chi connectivity index (χ4v) is 5.30. The number of anilines is 2. The van der Waals surface area contributed by atoms with Gasteiger partial charge in [0.25, 0.3) is 5.91 Å². The molecule has 0 bridgehead atoms. The Morgan fingerprint density at radius 2 is 1.83 bits per heavy atom. The van der Waals surface area contributed by atoms with Gasteiger partial charge in [0, 0.05) is 11.1 Å². The minimum Gasteiger partial charge on any atom is -0.492 e. The number of aryl methyl sites for hydroxylation is 1. The molecule has 2 aromatic carbocycles. The second kappa shape index (κ2) is 10.0. The number of sulfonamides is 1. The van der Waals surface area contributed by atoms with Crippen LogP contribution in [0.5, 0.6) is 5.75 Å². The Labute approximate surface area is 240 Å². The molecule has 5 rings (SSSR count). The van der Waals surface area contributed by atoms with Gasteiger partial charge in [0.05, 0.1) is 54.8 Å². The first-order valence-electron chi connectivity index (χ1n) is 13.3. The van der Waals surface area contributed by atoms with Crippen molar-refractivity contribution in [2.75, 3.05) is 23.4 Å². The van der Waals surface area contributed by atoms with E-state index in [1.165, 1.54) is 7.11 Å². The van der Waals surface area contributed by atoms with Crippen LogP contribution < -0.4 is 14.8 Å². The quantitative estimate of drug-likeness (QED) is 0.305. The number of methoxy groups -OCH3 is 1. The molecular formula is C29H35N7O4S. The van der Waals surface area contributed by atoms with Crippen LogP contribution in [0.2, 0.25) is 0 Å². The van der Waals surface area contributed by atoms with Crippen LogP contribution in [0.1, 0.15) is 62.0 Å². The lowest BCUT2D eigenvalue weighted by Gasteiger charge is -2.22. The Balaban J connectivity index is 1.48. The zero-order chi connectivity index (χ0) is 29.7. The number of ether oxygens (including phenoxy) is 1. The topological polar surface area (TPSA) is 133 Å². The van der Waals surface area contributed by atoms with Crippen molar-refractivity contribution >= 4 is 27.3 Å². The lowest BCUT2D eigenvalue weighted by Crippen LogP contribution is -2.21. The third-order valence-electron chi connectivity index (χ3n) is 7.37. The van der Waals surface area contributed by atoms with Crippen molar-refractivity contribution in [3.8, 4) is 22.8 Å². The number of nitrogens with zero attached hydrogens (tertiary/aromatic N) is 5. The normalized spacial score (nSPS) is 14.5. The first-order valence-corrected chi connectivity index (χ1v) is 15.2. The van der Waals surface area contributed by atoms with Gasteiger partial charge in [-0.3, -0.25) is 9.52 Å². The molecule has 1 aliphatic carbocycles. The van der Waals surface area contributed by atoms with Gasteiger partial charge in [-0.05, 0) is 81.3 Å². The minimum atomic E-state index is -3.58. The van der Waals surface area contributed by atoms with E-state index in [1.54, 1.807) is 35.4 Å². The molecule has 0 radical (unpaired) electrons. The van der Waals surface area contributed by atoms with Crippen LogP contribution in [0, 0.1) is 6.92 Å². The van der Waals surface area contributed by atoms with Crippen LogP contribution >= 0.6 is 0 Å². The smallest absolute Gasteiger partial charge is 0.255 e. The number of carbonyl (C=O) groups excluding carboxylic acids is 1. The molecule has 1 fully saturated rings. The van der Waals surface area contributed by atoms with E-state index >= 15 is 0 Å². The first kappa shape index (κ1) is 28.3. The van der Waals surface area contributed by atoms with Gasteiger partial charge in [0.15, 0.2) is 5.75 Å². The number of hydrogen-bond donors (Lipinski definition) is 2. The maximum Gasteiger partial charge on any atom is 0.255 e. The molecule has 2 N–H and O–H groups in total. The first-order chi connectivity index (χ1) is 19.2. The summed E-state index contributed by atoms with van der Waals surface area (Å²) in [6, 6.07) is 8.96. The highest BCUT2D eigenvalue weighted by Crippen LogP contribution is 2.50. The Morgan fingerprint density at radius 3 is 2.46 bits per heavy atom. The van der Waals surface area contributed by atoms with Crippen molar-refractivity contribution in [1.29, 1.82) is 0 Å². The number of aromatic nitrogens is 5. The molecule has 0 spiro atoms. The van der Waals surface area contributed by atoms with Gasteiger partial charge in [0.2, 0.25) is 10.0 Å². The van der Waals surface area contributed by atoms with Crippen LogP contribution in [0.3, 0.4) is 0 Å². The summed E-state index contributed by atoms with van der Waals surface area (Å²) < 4.78 is 35.9. The second-order valence-corrected chi connectivity index (χ2v) is 13.6. The highest BCUT2D eigenvalue weighted by molar-refractivity contribution is 7.92. The van der Waals surface area contributed by atoms with Crippen LogP contribution in [-0.4, -0.2) is 52.2 Å². The molecule has 4 aromatic rings. The van der Waals surface area contributed by atoms with Gasteiger partial charge in [-0.15, -0.1) is 5.10 Å². The molecule has 0 saturated heterocycles. The Hall–Kier alpha value is -4.19. The summed E-state index contributed by atoms with van der Waals surface area (Å²) in [5.41, 5.74) is 4.82. The SMILES string of the molecule is COc1c(NC(=O)c2ccc(C)c(-n3cc(-c4cncn4C(C)(C)C)nn3)c2)cc(C2(C)CC2)cc1NS(C)(=O)=O. The van der Waals surface area contributed by atoms with Crippen molar-refractivity contribution in [3.63, 3.8) is 0 Å². The monoisotopic (exact) mass is 577 g/mol. The summed E-state index contributed by atoms with van der Waals surface area (Å²) in [5.74, 6) is -0.139. The average Bonchev–Trinajstić information content (AvgIpc) is 3.26. The van der Waals surface area contributed by atoms with Gasteiger partial charge in [-0.25, -0.2) is 18.1 Å². The van der Waals surface area contributed by atoms with Crippen molar-refractivity contribution in [3.05, 3.63) is 65.7 Å². The molecular weight excluding hydrogens is 542 g/mol. The van der Waals surface area contributed by atoms with Crippen molar-refractivity contribution < 1.29 is 17.9 Å². The standard InChI is InChI=1S/C29H35N7O4S/c1-18-8-9-19(12-24(18)36-16-23(32-34-36)25-15-30-17-35(25)28(2,3)4)27(37)31-21-13-20(29(5)10-11-29)14-22(26(21)40-6)33-41(7,38)39/h8-9,12-17,33H,10-11H2,1-7H3,(H,31,37). The number of benzene rings is 2. The average molecular weight is 578 g/mol. The van der Waals surface area contributed by atoms with E-state index in [1.807, 2.05) is 29.8 Å². The molecule has 2 heterocycles. The molecule has 41 heavy (non-hydrogen) atoms. The number of hydrogen-bond acceptors (Lipinski definition) is 7. The number of imidazole rings is 1. The van der Waals surface area contributed by atoms with E-state index in [9.17, 15) is 13.2 Å². The van der Waals surface area contributed by atoms with Gasteiger partial charge in [0.1, 0.15) is 5.69 Å². The predicted octanol–water partition coefficient (Wildman–Crippen LogP) is 4.88.